The third-order valence-electron chi connectivity index (χ3n) is 2.35. The highest BCUT2D eigenvalue weighted by atomic mass is 35.5. The molecule has 6 heteroatoms. The van der Waals surface area contributed by atoms with Gasteiger partial charge in [-0.3, -0.25) is 4.79 Å². The number of rotatable bonds is 2. The van der Waals surface area contributed by atoms with E-state index < -0.39 is 5.91 Å². The lowest BCUT2D eigenvalue weighted by Gasteiger charge is -2.02. The first-order valence-corrected chi connectivity index (χ1v) is 5.46. The summed E-state index contributed by atoms with van der Waals surface area (Å²) in [5.41, 5.74) is 0.594. The summed E-state index contributed by atoms with van der Waals surface area (Å²) < 4.78 is 10.4. The summed E-state index contributed by atoms with van der Waals surface area (Å²) in [6.07, 6.45) is 1.44. The molecule has 92 valence electrons. The van der Waals surface area contributed by atoms with Gasteiger partial charge in [-0.25, -0.2) is 0 Å². The van der Waals surface area contributed by atoms with Gasteiger partial charge in [0.25, 0.3) is 5.91 Å². The Morgan fingerprint density at radius 2 is 2.33 bits per heavy atom. The third kappa shape index (κ3) is 2.24. The first-order valence-electron chi connectivity index (χ1n) is 5.08. The zero-order chi connectivity index (χ0) is 13.1. The number of hydrogen-bond donors (Lipinski definition) is 1. The SMILES string of the molecule is CNC(=O)/C(C#N)=C/c1cc(Cl)c2c(c1)OCO2. The maximum absolute atomic E-state index is 11.4. The molecule has 0 spiro atoms. The van der Waals surface area contributed by atoms with Crippen LogP contribution in [-0.4, -0.2) is 19.7 Å². The van der Waals surface area contributed by atoms with Crippen LogP contribution in [0.25, 0.3) is 6.08 Å². The Kier molecular flexibility index (Phi) is 3.40. The predicted molar refractivity (Wildman–Crippen MR) is 65.2 cm³/mol. The molecule has 0 aromatic heterocycles. The Balaban J connectivity index is 2.41. The van der Waals surface area contributed by atoms with E-state index in [0.29, 0.717) is 22.1 Å². The summed E-state index contributed by atoms with van der Waals surface area (Å²) in [5, 5.41) is 11.6. The molecule has 5 nitrogen and oxygen atoms in total. The number of fused-ring (bicyclic) bond motifs is 1. The largest absolute Gasteiger partial charge is 0.454 e. The van der Waals surface area contributed by atoms with E-state index in [1.807, 2.05) is 6.07 Å². The van der Waals surface area contributed by atoms with Gasteiger partial charge >= 0.3 is 0 Å². The summed E-state index contributed by atoms with van der Waals surface area (Å²) in [5.74, 6) is 0.529. The van der Waals surface area contributed by atoms with Crippen LogP contribution in [0.4, 0.5) is 0 Å². The number of nitrogens with one attached hydrogen (secondary N) is 1. The smallest absolute Gasteiger partial charge is 0.261 e. The number of carbonyl (C=O) groups excluding carboxylic acids is 1. The summed E-state index contributed by atoms with van der Waals surface area (Å²) in [4.78, 5) is 11.4. The molecule has 0 atom stereocenters. The van der Waals surface area contributed by atoms with Crippen LogP contribution >= 0.6 is 11.6 Å². The number of nitriles is 1. The number of benzene rings is 1. The average Bonchev–Trinajstić information content (AvgIpc) is 2.83. The minimum atomic E-state index is -0.453. The van der Waals surface area contributed by atoms with Crippen molar-refractivity contribution in [1.82, 2.24) is 5.32 Å². The van der Waals surface area contributed by atoms with Gasteiger partial charge in [-0.2, -0.15) is 5.26 Å². The molecule has 1 aromatic rings. The third-order valence-corrected chi connectivity index (χ3v) is 2.63. The Bertz CT molecular complexity index is 575. The lowest BCUT2D eigenvalue weighted by Crippen LogP contribution is -2.19. The fourth-order valence-corrected chi connectivity index (χ4v) is 1.79. The number of ether oxygens (including phenoxy) is 2. The van der Waals surface area contributed by atoms with Gasteiger partial charge in [-0.1, -0.05) is 11.6 Å². The summed E-state index contributed by atoms with van der Waals surface area (Å²) >= 11 is 6.00. The topological polar surface area (TPSA) is 71.4 Å². The molecule has 0 saturated carbocycles. The monoisotopic (exact) mass is 264 g/mol. The van der Waals surface area contributed by atoms with Gasteiger partial charge in [0.15, 0.2) is 11.5 Å². The van der Waals surface area contributed by atoms with Crippen molar-refractivity contribution in [3.05, 3.63) is 28.3 Å². The van der Waals surface area contributed by atoms with Gasteiger partial charge in [0.2, 0.25) is 6.79 Å². The molecule has 1 amide bonds. The van der Waals surface area contributed by atoms with E-state index >= 15 is 0 Å². The number of amides is 1. The van der Waals surface area contributed by atoms with E-state index in [1.165, 1.54) is 13.1 Å². The average molecular weight is 265 g/mol. The second kappa shape index (κ2) is 4.98. The molecule has 0 unspecified atom stereocenters. The molecular weight excluding hydrogens is 256 g/mol. The lowest BCUT2D eigenvalue weighted by molar-refractivity contribution is -0.116. The normalized spacial score (nSPS) is 13.1. The van der Waals surface area contributed by atoms with Crippen molar-refractivity contribution in [1.29, 1.82) is 5.26 Å². The van der Waals surface area contributed by atoms with Crippen molar-refractivity contribution in [2.75, 3.05) is 13.8 Å². The quantitative estimate of drug-likeness (QED) is 0.652. The molecule has 0 aliphatic carbocycles. The summed E-state index contributed by atoms with van der Waals surface area (Å²) in [7, 11) is 1.46. The van der Waals surface area contributed by atoms with Gasteiger partial charge in [-0.15, -0.1) is 0 Å². The molecule has 0 bridgehead atoms. The van der Waals surface area contributed by atoms with Crippen LogP contribution in [0.15, 0.2) is 17.7 Å². The Morgan fingerprint density at radius 1 is 1.56 bits per heavy atom. The van der Waals surface area contributed by atoms with E-state index in [-0.39, 0.29) is 12.4 Å². The van der Waals surface area contributed by atoms with Crippen molar-refractivity contribution in [2.45, 2.75) is 0 Å². The van der Waals surface area contributed by atoms with E-state index in [1.54, 1.807) is 12.1 Å². The van der Waals surface area contributed by atoms with Gasteiger partial charge in [0.05, 0.1) is 5.02 Å². The molecule has 2 rings (SSSR count). The highest BCUT2D eigenvalue weighted by molar-refractivity contribution is 6.32. The Morgan fingerprint density at radius 3 is 3.00 bits per heavy atom. The minimum absolute atomic E-state index is 0.00701. The standard InChI is InChI=1S/C12H9ClN2O3/c1-15-12(16)8(5-14)2-7-3-9(13)11-10(4-7)17-6-18-11/h2-4H,6H2,1H3,(H,15,16)/b8-2+. The van der Waals surface area contributed by atoms with Crippen molar-refractivity contribution in [2.24, 2.45) is 0 Å². The number of carbonyl (C=O) groups is 1. The molecule has 1 heterocycles. The van der Waals surface area contributed by atoms with Gasteiger partial charge < -0.3 is 14.8 Å². The van der Waals surface area contributed by atoms with Crippen molar-refractivity contribution in [3.8, 4) is 17.6 Å². The van der Waals surface area contributed by atoms with Gasteiger partial charge in [-0.05, 0) is 23.8 Å². The Hall–Kier alpha value is -2.19. The molecule has 0 fully saturated rings. The molecule has 0 radical (unpaired) electrons. The number of hydrogen-bond acceptors (Lipinski definition) is 4. The van der Waals surface area contributed by atoms with E-state index in [2.05, 4.69) is 5.32 Å². The van der Waals surface area contributed by atoms with E-state index in [0.717, 1.165) is 0 Å². The predicted octanol–water partition coefficient (Wildman–Crippen LogP) is 1.72. The fourth-order valence-electron chi connectivity index (χ4n) is 1.52. The first-order chi connectivity index (χ1) is 8.65. The molecule has 18 heavy (non-hydrogen) atoms. The fraction of sp³-hybridized carbons (Fsp3) is 0.167. The van der Waals surface area contributed by atoms with Gasteiger partial charge in [0, 0.05) is 7.05 Å². The lowest BCUT2D eigenvalue weighted by atomic mass is 10.1. The highest BCUT2D eigenvalue weighted by Crippen LogP contribution is 2.40. The molecule has 1 aliphatic heterocycles. The van der Waals surface area contributed by atoms with Gasteiger partial charge in [0.1, 0.15) is 11.6 Å². The van der Waals surface area contributed by atoms with Crippen LogP contribution < -0.4 is 14.8 Å². The van der Waals surface area contributed by atoms with Crippen molar-refractivity contribution < 1.29 is 14.3 Å². The number of likely N-dealkylation sites (N-methyl/N-ethyl adjacent to an activating group) is 1. The van der Waals surface area contributed by atoms with Crippen LogP contribution in [0.5, 0.6) is 11.5 Å². The number of nitrogens with zero attached hydrogens (tertiary/aromatic N) is 1. The highest BCUT2D eigenvalue weighted by Gasteiger charge is 2.18. The second-order valence-corrected chi connectivity index (χ2v) is 3.89. The molecular formula is C12H9ClN2O3. The summed E-state index contributed by atoms with van der Waals surface area (Å²) in [6, 6.07) is 5.09. The first kappa shape index (κ1) is 12.3. The number of halogens is 1. The van der Waals surface area contributed by atoms with Crippen molar-refractivity contribution >= 4 is 23.6 Å². The molecule has 1 N–H and O–H groups in total. The van der Waals surface area contributed by atoms with Crippen LogP contribution in [0, 0.1) is 11.3 Å². The van der Waals surface area contributed by atoms with Crippen LogP contribution in [0.3, 0.4) is 0 Å². The van der Waals surface area contributed by atoms with E-state index in [9.17, 15) is 4.79 Å². The van der Waals surface area contributed by atoms with Crippen LogP contribution in [0.1, 0.15) is 5.56 Å². The maximum atomic E-state index is 11.4. The molecule has 1 aliphatic rings. The minimum Gasteiger partial charge on any atom is -0.454 e. The van der Waals surface area contributed by atoms with Crippen LogP contribution in [0.2, 0.25) is 5.02 Å². The Labute approximate surface area is 109 Å². The summed E-state index contributed by atoms with van der Waals surface area (Å²) in [6.45, 7) is 0.114. The zero-order valence-electron chi connectivity index (χ0n) is 9.49. The van der Waals surface area contributed by atoms with Crippen molar-refractivity contribution in [3.63, 3.8) is 0 Å². The maximum Gasteiger partial charge on any atom is 0.261 e. The van der Waals surface area contributed by atoms with E-state index in [4.69, 9.17) is 26.3 Å². The zero-order valence-corrected chi connectivity index (χ0v) is 10.2. The molecule has 1 aromatic carbocycles. The molecule has 0 saturated heterocycles. The van der Waals surface area contributed by atoms with Crippen LogP contribution in [-0.2, 0) is 4.79 Å². The second-order valence-electron chi connectivity index (χ2n) is 3.49.